The number of nitrogens with one attached hydrogen (secondary N) is 1. The standard InChI is InChI=1S/C36H47N3O5S/c1-6-34(36(41)37-30-10-8-7-9-11-30)38(24-28-14-20-32(44-5)21-15-28)35(40)25-39(31-18-16-29(17-19-31)26(2)3)45(42,43)33-22-12-27(4)13-23-33/h12-23,26,30,34H,6-11,24-25H2,1-5H3,(H,37,41)/t34-/m1/s1. The van der Waals surface area contributed by atoms with Crippen molar-refractivity contribution in [2.75, 3.05) is 18.0 Å². The molecule has 1 aliphatic rings. The van der Waals surface area contributed by atoms with Gasteiger partial charge in [-0.3, -0.25) is 13.9 Å². The number of hydrogen-bond acceptors (Lipinski definition) is 5. The Labute approximate surface area is 268 Å². The Morgan fingerprint density at radius 1 is 0.911 bits per heavy atom. The first kappa shape index (κ1) is 34.0. The van der Waals surface area contributed by atoms with E-state index in [4.69, 9.17) is 4.74 Å². The number of amides is 2. The molecule has 1 N–H and O–H groups in total. The average Bonchev–Trinajstić information content (AvgIpc) is 3.04. The van der Waals surface area contributed by atoms with Crippen LogP contribution in [0.5, 0.6) is 5.75 Å². The Morgan fingerprint density at radius 2 is 1.53 bits per heavy atom. The summed E-state index contributed by atoms with van der Waals surface area (Å²) in [6.45, 7) is 7.59. The Hall–Kier alpha value is -3.85. The van der Waals surface area contributed by atoms with Crippen molar-refractivity contribution in [3.63, 3.8) is 0 Å². The molecule has 0 aliphatic heterocycles. The van der Waals surface area contributed by atoms with Crippen LogP contribution >= 0.6 is 0 Å². The third kappa shape index (κ3) is 8.66. The molecule has 0 radical (unpaired) electrons. The SMILES string of the molecule is CC[C@H](C(=O)NC1CCCCC1)N(Cc1ccc(OC)cc1)C(=O)CN(c1ccc(C(C)C)cc1)S(=O)(=O)c1ccc(C)cc1. The summed E-state index contributed by atoms with van der Waals surface area (Å²) >= 11 is 0. The number of rotatable bonds is 13. The fourth-order valence-electron chi connectivity index (χ4n) is 5.78. The van der Waals surface area contributed by atoms with Crippen molar-refractivity contribution in [3.8, 4) is 5.75 Å². The van der Waals surface area contributed by atoms with Crippen LogP contribution in [-0.4, -0.2) is 50.9 Å². The lowest BCUT2D eigenvalue weighted by atomic mass is 9.95. The van der Waals surface area contributed by atoms with Gasteiger partial charge in [0.05, 0.1) is 17.7 Å². The zero-order valence-corrected chi connectivity index (χ0v) is 28.0. The Kier molecular flexibility index (Phi) is 11.7. The van der Waals surface area contributed by atoms with E-state index >= 15 is 0 Å². The van der Waals surface area contributed by atoms with Gasteiger partial charge in [-0.1, -0.05) is 82.0 Å². The molecule has 0 spiro atoms. The third-order valence-electron chi connectivity index (χ3n) is 8.59. The average molecular weight is 634 g/mol. The third-order valence-corrected chi connectivity index (χ3v) is 10.4. The van der Waals surface area contributed by atoms with Gasteiger partial charge in [-0.05, 0) is 79.6 Å². The topological polar surface area (TPSA) is 96.0 Å². The molecule has 0 bridgehead atoms. The smallest absolute Gasteiger partial charge is 0.264 e. The van der Waals surface area contributed by atoms with Gasteiger partial charge >= 0.3 is 0 Å². The van der Waals surface area contributed by atoms with E-state index in [2.05, 4.69) is 19.2 Å². The van der Waals surface area contributed by atoms with Crippen LogP contribution in [0, 0.1) is 6.92 Å². The Bertz CT molecular complexity index is 1510. The Balaban J connectivity index is 1.71. The highest BCUT2D eigenvalue weighted by molar-refractivity contribution is 7.92. The van der Waals surface area contributed by atoms with Crippen molar-refractivity contribution in [1.82, 2.24) is 10.2 Å². The number of ether oxygens (including phenoxy) is 1. The predicted molar refractivity (Wildman–Crippen MR) is 179 cm³/mol. The maximum absolute atomic E-state index is 14.4. The first-order valence-electron chi connectivity index (χ1n) is 16.0. The lowest BCUT2D eigenvalue weighted by Gasteiger charge is -2.34. The van der Waals surface area contributed by atoms with Crippen molar-refractivity contribution in [3.05, 3.63) is 89.5 Å². The lowest BCUT2D eigenvalue weighted by molar-refractivity contribution is -0.140. The van der Waals surface area contributed by atoms with Crippen LogP contribution in [0.4, 0.5) is 5.69 Å². The largest absolute Gasteiger partial charge is 0.497 e. The van der Waals surface area contributed by atoms with Crippen LogP contribution in [-0.2, 0) is 26.2 Å². The van der Waals surface area contributed by atoms with Gasteiger partial charge in [-0.25, -0.2) is 8.42 Å². The molecule has 4 rings (SSSR count). The van der Waals surface area contributed by atoms with Gasteiger partial charge in [-0.15, -0.1) is 0 Å². The van der Waals surface area contributed by atoms with Crippen molar-refractivity contribution < 1.29 is 22.7 Å². The summed E-state index contributed by atoms with van der Waals surface area (Å²) in [4.78, 5) is 29.7. The van der Waals surface area contributed by atoms with Crippen molar-refractivity contribution >= 4 is 27.5 Å². The number of anilines is 1. The van der Waals surface area contributed by atoms with E-state index in [9.17, 15) is 18.0 Å². The van der Waals surface area contributed by atoms with Gasteiger partial charge < -0.3 is 15.0 Å². The minimum Gasteiger partial charge on any atom is -0.497 e. The number of carbonyl (C=O) groups excluding carboxylic acids is 2. The van der Waals surface area contributed by atoms with Crippen molar-refractivity contribution in [1.29, 1.82) is 0 Å². The second-order valence-corrected chi connectivity index (χ2v) is 14.1. The molecular formula is C36H47N3O5S. The normalized spacial score (nSPS) is 14.5. The molecule has 8 nitrogen and oxygen atoms in total. The van der Waals surface area contributed by atoms with E-state index in [1.165, 1.54) is 4.90 Å². The minimum absolute atomic E-state index is 0.0797. The van der Waals surface area contributed by atoms with Crippen LogP contribution in [0.15, 0.2) is 77.7 Å². The number of sulfonamides is 1. The van der Waals surface area contributed by atoms with Crippen LogP contribution in [0.25, 0.3) is 0 Å². The molecule has 45 heavy (non-hydrogen) atoms. The highest BCUT2D eigenvalue weighted by Gasteiger charge is 2.34. The molecule has 0 saturated heterocycles. The molecule has 1 saturated carbocycles. The molecule has 0 unspecified atom stereocenters. The van der Waals surface area contributed by atoms with Crippen molar-refractivity contribution in [2.24, 2.45) is 0 Å². The monoisotopic (exact) mass is 633 g/mol. The van der Waals surface area contributed by atoms with Crippen molar-refractivity contribution in [2.45, 2.75) is 95.7 Å². The maximum atomic E-state index is 14.4. The van der Waals surface area contributed by atoms with Gasteiger partial charge in [-0.2, -0.15) is 0 Å². The number of carbonyl (C=O) groups is 2. The van der Waals surface area contributed by atoms with E-state index in [1.54, 1.807) is 43.5 Å². The summed E-state index contributed by atoms with van der Waals surface area (Å²) in [5.74, 6) is 0.273. The summed E-state index contributed by atoms with van der Waals surface area (Å²) < 4.78 is 34.8. The van der Waals surface area contributed by atoms with E-state index in [0.717, 1.165) is 53.1 Å². The number of nitrogens with zero attached hydrogens (tertiary/aromatic N) is 2. The Morgan fingerprint density at radius 3 is 2.09 bits per heavy atom. The van der Waals surface area contributed by atoms with Gasteiger partial charge in [0.1, 0.15) is 18.3 Å². The van der Waals surface area contributed by atoms with Crippen LogP contribution < -0.4 is 14.4 Å². The summed E-state index contributed by atoms with van der Waals surface area (Å²) in [7, 11) is -2.53. The summed E-state index contributed by atoms with van der Waals surface area (Å²) in [6, 6.07) is 20.5. The van der Waals surface area contributed by atoms with Crippen LogP contribution in [0.1, 0.15) is 81.9 Å². The van der Waals surface area contributed by atoms with Crippen LogP contribution in [0.2, 0.25) is 0 Å². The van der Waals surface area contributed by atoms with E-state index in [0.29, 0.717) is 17.9 Å². The van der Waals surface area contributed by atoms with Gasteiger partial charge in [0.15, 0.2) is 0 Å². The first-order valence-corrected chi connectivity index (χ1v) is 17.4. The van der Waals surface area contributed by atoms with Gasteiger partial charge in [0, 0.05) is 12.6 Å². The van der Waals surface area contributed by atoms with E-state index in [1.807, 2.05) is 50.2 Å². The molecule has 1 atom stereocenters. The molecule has 9 heteroatoms. The molecule has 1 fully saturated rings. The zero-order chi connectivity index (χ0) is 32.6. The first-order chi connectivity index (χ1) is 21.5. The molecular weight excluding hydrogens is 586 g/mol. The molecule has 242 valence electrons. The fourth-order valence-corrected chi connectivity index (χ4v) is 7.20. The van der Waals surface area contributed by atoms with E-state index in [-0.39, 0.29) is 29.3 Å². The number of aryl methyl sites for hydroxylation is 1. The predicted octanol–water partition coefficient (Wildman–Crippen LogP) is 6.58. The summed E-state index contributed by atoms with van der Waals surface area (Å²) in [6.07, 6.45) is 5.52. The minimum atomic E-state index is -4.12. The lowest BCUT2D eigenvalue weighted by Crippen LogP contribution is -2.54. The number of hydrogen-bond donors (Lipinski definition) is 1. The molecule has 3 aromatic rings. The molecule has 0 heterocycles. The molecule has 1 aliphatic carbocycles. The summed E-state index contributed by atoms with van der Waals surface area (Å²) in [5, 5.41) is 3.19. The quantitative estimate of drug-likeness (QED) is 0.230. The highest BCUT2D eigenvalue weighted by atomic mass is 32.2. The number of benzene rings is 3. The van der Waals surface area contributed by atoms with Crippen LogP contribution in [0.3, 0.4) is 0 Å². The second-order valence-electron chi connectivity index (χ2n) is 12.2. The van der Waals surface area contributed by atoms with Gasteiger partial charge in [0.25, 0.3) is 10.0 Å². The number of methoxy groups -OCH3 is 1. The highest BCUT2D eigenvalue weighted by Crippen LogP contribution is 2.27. The maximum Gasteiger partial charge on any atom is 0.264 e. The second kappa shape index (κ2) is 15.4. The van der Waals surface area contributed by atoms with Gasteiger partial charge in [0.2, 0.25) is 11.8 Å². The molecule has 3 aromatic carbocycles. The molecule has 2 amide bonds. The molecule has 0 aromatic heterocycles. The zero-order valence-electron chi connectivity index (χ0n) is 27.2. The summed E-state index contributed by atoms with van der Waals surface area (Å²) in [5.41, 5.74) is 3.18. The van der Waals surface area contributed by atoms with E-state index < -0.39 is 28.5 Å². The fraction of sp³-hybridized carbons (Fsp3) is 0.444.